The normalized spacial score (nSPS) is 14.2. The molecule has 0 saturated carbocycles. The highest BCUT2D eigenvalue weighted by atomic mass is 16.3. The van der Waals surface area contributed by atoms with Crippen LogP contribution in [0.4, 0.5) is 0 Å². The lowest BCUT2D eigenvalue weighted by Crippen LogP contribution is -2.22. The largest absolute Gasteiger partial charge is 0.381 e. The molecule has 1 heterocycles. The van der Waals surface area contributed by atoms with Crippen molar-refractivity contribution in [2.75, 3.05) is 0 Å². The summed E-state index contributed by atoms with van der Waals surface area (Å²) in [6, 6.07) is 19.5. The Balaban J connectivity index is 2.13. The molecule has 0 aliphatic carbocycles. The van der Waals surface area contributed by atoms with Crippen LogP contribution < -0.4 is 0 Å². The first-order chi connectivity index (χ1) is 9.18. The second-order valence-electron chi connectivity index (χ2n) is 4.85. The predicted molar refractivity (Wildman–Crippen MR) is 76.9 cm³/mol. The van der Waals surface area contributed by atoms with Crippen molar-refractivity contribution in [2.24, 2.45) is 0 Å². The third-order valence-electron chi connectivity index (χ3n) is 3.50. The summed E-state index contributed by atoms with van der Waals surface area (Å²) in [6.45, 7) is 1.82. The second-order valence-corrected chi connectivity index (χ2v) is 4.85. The first-order valence-corrected chi connectivity index (χ1v) is 6.31. The molecule has 0 bridgehead atoms. The quantitative estimate of drug-likeness (QED) is 0.754. The molecular weight excluding hydrogens is 234 g/mol. The monoisotopic (exact) mass is 249 g/mol. The van der Waals surface area contributed by atoms with Crippen LogP contribution in [0, 0.1) is 0 Å². The fraction of sp³-hybridized carbons (Fsp3) is 0.118. The minimum Gasteiger partial charge on any atom is -0.381 e. The van der Waals surface area contributed by atoms with Crippen LogP contribution in [0.15, 0.2) is 66.9 Å². The van der Waals surface area contributed by atoms with Gasteiger partial charge in [-0.15, -0.1) is 0 Å². The smallest absolute Gasteiger partial charge is 0.112 e. The topological polar surface area (TPSA) is 33.1 Å². The van der Waals surface area contributed by atoms with Crippen molar-refractivity contribution in [1.29, 1.82) is 0 Å². The van der Waals surface area contributed by atoms with E-state index in [1.165, 1.54) is 0 Å². The second kappa shape index (κ2) is 4.48. The number of aliphatic hydroxyl groups is 1. The van der Waals surface area contributed by atoms with E-state index in [0.717, 1.165) is 22.0 Å². The first kappa shape index (κ1) is 11.9. The maximum atomic E-state index is 10.8. The Morgan fingerprint density at radius 2 is 1.68 bits per heavy atom. The van der Waals surface area contributed by atoms with Crippen LogP contribution in [0.5, 0.6) is 0 Å². The lowest BCUT2D eigenvalue weighted by atomic mass is 9.87. The highest BCUT2D eigenvalue weighted by Crippen LogP contribution is 2.30. The molecule has 0 aliphatic heterocycles. The molecule has 1 unspecified atom stereocenters. The minimum absolute atomic E-state index is 0.874. The minimum atomic E-state index is -0.995. The Bertz CT molecular complexity index is 705. The summed E-state index contributed by atoms with van der Waals surface area (Å²) in [4.78, 5) is 4.30. The molecule has 3 rings (SSSR count). The summed E-state index contributed by atoms with van der Waals surface area (Å²) in [7, 11) is 0. The Labute approximate surface area is 112 Å². The van der Waals surface area contributed by atoms with Gasteiger partial charge in [0.25, 0.3) is 0 Å². The molecule has 1 N–H and O–H groups in total. The molecule has 1 atom stereocenters. The van der Waals surface area contributed by atoms with Crippen molar-refractivity contribution in [3.63, 3.8) is 0 Å². The molecule has 0 amide bonds. The molecule has 0 radical (unpaired) electrons. The molecule has 94 valence electrons. The van der Waals surface area contributed by atoms with E-state index < -0.39 is 5.60 Å². The molecular formula is C17H15NO. The van der Waals surface area contributed by atoms with Crippen molar-refractivity contribution in [3.8, 4) is 0 Å². The van der Waals surface area contributed by atoms with Gasteiger partial charge in [-0.1, -0.05) is 42.5 Å². The summed E-state index contributed by atoms with van der Waals surface area (Å²) in [6.07, 6.45) is 1.78. The molecule has 0 fully saturated rings. The van der Waals surface area contributed by atoms with Gasteiger partial charge < -0.3 is 5.11 Å². The number of nitrogens with zero attached hydrogens (tertiary/aromatic N) is 1. The van der Waals surface area contributed by atoms with Crippen molar-refractivity contribution in [3.05, 3.63) is 78.0 Å². The van der Waals surface area contributed by atoms with Gasteiger partial charge in [-0.25, -0.2) is 0 Å². The van der Waals surface area contributed by atoms with Gasteiger partial charge in [-0.3, -0.25) is 4.98 Å². The Morgan fingerprint density at radius 3 is 2.47 bits per heavy atom. The van der Waals surface area contributed by atoms with Crippen molar-refractivity contribution in [1.82, 2.24) is 4.98 Å². The van der Waals surface area contributed by atoms with Gasteiger partial charge in [0, 0.05) is 11.6 Å². The van der Waals surface area contributed by atoms with E-state index in [1.807, 2.05) is 67.6 Å². The SMILES string of the molecule is CC(O)(c1ccccc1)c1ccc2ncccc2c1. The van der Waals surface area contributed by atoms with Gasteiger partial charge in [0.05, 0.1) is 5.52 Å². The summed E-state index contributed by atoms with van der Waals surface area (Å²) >= 11 is 0. The van der Waals surface area contributed by atoms with Gasteiger partial charge in [0.2, 0.25) is 0 Å². The first-order valence-electron chi connectivity index (χ1n) is 6.31. The van der Waals surface area contributed by atoms with E-state index in [1.54, 1.807) is 6.20 Å². The molecule has 19 heavy (non-hydrogen) atoms. The number of pyridine rings is 1. The number of aromatic nitrogens is 1. The molecule has 0 saturated heterocycles. The van der Waals surface area contributed by atoms with Crippen LogP contribution in [-0.2, 0) is 5.60 Å². The third-order valence-corrected chi connectivity index (χ3v) is 3.50. The zero-order chi connectivity index (χ0) is 13.3. The Kier molecular flexibility index (Phi) is 2.80. The average Bonchev–Trinajstić information content (AvgIpc) is 2.47. The Morgan fingerprint density at radius 1 is 0.895 bits per heavy atom. The number of hydrogen-bond donors (Lipinski definition) is 1. The van der Waals surface area contributed by atoms with E-state index in [9.17, 15) is 5.11 Å². The van der Waals surface area contributed by atoms with E-state index >= 15 is 0 Å². The zero-order valence-electron chi connectivity index (χ0n) is 10.7. The van der Waals surface area contributed by atoms with Crippen LogP contribution in [0.2, 0.25) is 0 Å². The van der Waals surface area contributed by atoms with Gasteiger partial charge in [0.1, 0.15) is 5.60 Å². The predicted octanol–water partition coefficient (Wildman–Crippen LogP) is 3.49. The molecule has 0 aliphatic rings. The standard InChI is InChI=1S/C17H15NO/c1-17(19,14-7-3-2-4-8-14)15-9-10-16-13(12-15)6-5-11-18-16/h2-12,19H,1H3. The number of rotatable bonds is 2. The van der Waals surface area contributed by atoms with Crippen LogP contribution in [0.3, 0.4) is 0 Å². The van der Waals surface area contributed by atoms with Crippen LogP contribution in [0.1, 0.15) is 18.1 Å². The Hall–Kier alpha value is -2.19. The number of fused-ring (bicyclic) bond motifs is 1. The van der Waals surface area contributed by atoms with Gasteiger partial charge in [-0.05, 0) is 36.2 Å². The van der Waals surface area contributed by atoms with E-state index in [2.05, 4.69) is 4.98 Å². The number of benzene rings is 2. The molecule has 3 aromatic rings. The summed E-state index contributed by atoms with van der Waals surface area (Å²) in [5.74, 6) is 0. The molecule has 2 nitrogen and oxygen atoms in total. The van der Waals surface area contributed by atoms with Crippen molar-refractivity contribution < 1.29 is 5.11 Å². The maximum absolute atomic E-state index is 10.8. The van der Waals surface area contributed by atoms with Crippen LogP contribution >= 0.6 is 0 Å². The van der Waals surface area contributed by atoms with Crippen molar-refractivity contribution in [2.45, 2.75) is 12.5 Å². The zero-order valence-corrected chi connectivity index (χ0v) is 10.7. The van der Waals surface area contributed by atoms with Gasteiger partial charge in [0.15, 0.2) is 0 Å². The fourth-order valence-corrected chi connectivity index (χ4v) is 2.31. The van der Waals surface area contributed by atoms with Crippen LogP contribution in [0.25, 0.3) is 10.9 Å². The maximum Gasteiger partial charge on any atom is 0.112 e. The van der Waals surface area contributed by atoms with E-state index in [-0.39, 0.29) is 0 Å². The lowest BCUT2D eigenvalue weighted by Gasteiger charge is -2.24. The third kappa shape index (κ3) is 2.11. The number of hydrogen-bond acceptors (Lipinski definition) is 2. The molecule has 0 spiro atoms. The van der Waals surface area contributed by atoms with E-state index in [0.29, 0.717) is 0 Å². The van der Waals surface area contributed by atoms with E-state index in [4.69, 9.17) is 0 Å². The highest BCUT2D eigenvalue weighted by molar-refractivity contribution is 5.79. The van der Waals surface area contributed by atoms with Gasteiger partial charge >= 0.3 is 0 Å². The average molecular weight is 249 g/mol. The summed E-state index contributed by atoms with van der Waals surface area (Å²) < 4.78 is 0. The lowest BCUT2D eigenvalue weighted by molar-refractivity contribution is 0.102. The molecule has 2 aromatic carbocycles. The summed E-state index contributed by atoms with van der Waals surface area (Å²) in [5.41, 5.74) is 1.71. The van der Waals surface area contributed by atoms with Crippen LogP contribution in [-0.4, -0.2) is 10.1 Å². The summed E-state index contributed by atoms with van der Waals surface area (Å²) in [5, 5.41) is 11.8. The highest BCUT2D eigenvalue weighted by Gasteiger charge is 2.25. The van der Waals surface area contributed by atoms with Crippen molar-refractivity contribution >= 4 is 10.9 Å². The van der Waals surface area contributed by atoms with Gasteiger partial charge in [-0.2, -0.15) is 0 Å². The molecule has 1 aromatic heterocycles. The molecule has 2 heteroatoms. The fourth-order valence-electron chi connectivity index (χ4n) is 2.31.